The number of carbonyl (C=O) groups excluding carboxylic acids is 2. The van der Waals surface area contributed by atoms with Gasteiger partial charge in [-0.1, -0.05) is 19.1 Å². The molecule has 5 nitrogen and oxygen atoms in total. The van der Waals surface area contributed by atoms with E-state index in [-0.39, 0.29) is 24.0 Å². The number of likely N-dealkylation sites (tertiary alicyclic amines) is 1. The number of carbonyl (C=O) groups is 2. The summed E-state index contributed by atoms with van der Waals surface area (Å²) in [5.74, 6) is -1.20. The first-order valence-electron chi connectivity index (χ1n) is 7.62. The summed E-state index contributed by atoms with van der Waals surface area (Å²) in [5.41, 5.74) is 6.01. The molecule has 0 bridgehead atoms. The summed E-state index contributed by atoms with van der Waals surface area (Å²) < 4.78 is 40.2. The van der Waals surface area contributed by atoms with Crippen molar-refractivity contribution in [3.63, 3.8) is 0 Å². The smallest absolute Gasteiger partial charge is 0.406 e. The van der Waals surface area contributed by atoms with Crippen molar-refractivity contribution in [1.82, 2.24) is 4.90 Å². The Morgan fingerprint density at radius 3 is 2.50 bits per heavy atom. The molecule has 2 rings (SSSR count). The highest BCUT2D eigenvalue weighted by molar-refractivity contribution is 5.87. The summed E-state index contributed by atoms with van der Waals surface area (Å²) >= 11 is 0. The lowest BCUT2D eigenvalue weighted by molar-refractivity contribution is -0.274. The number of ether oxygens (including phenoxy) is 1. The average Bonchev–Trinajstić information content (AvgIpc) is 2.96. The molecule has 1 aliphatic heterocycles. The molecule has 1 aliphatic rings. The van der Waals surface area contributed by atoms with Crippen LogP contribution >= 0.6 is 0 Å². The summed E-state index contributed by atoms with van der Waals surface area (Å²) in [6.45, 7) is 2.30. The maximum atomic E-state index is 12.3. The van der Waals surface area contributed by atoms with Gasteiger partial charge in [-0.15, -0.1) is 13.2 Å². The van der Waals surface area contributed by atoms with Crippen LogP contribution in [0.4, 0.5) is 13.2 Å². The molecule has 2 N–H and O–H groups in total. The Hall–Kier alpha value is -2.25. The lowest BCUT2D eigenvalue weighted by Gasteiger charge is -2.24. The number of nitrogens with zero attached hydrogens (tertiary/aromatic N) is 1. The Kier molecular flexibility index (Phi) is 5.36. The van der Waals surface area contributed by atoms with Crippen LogP contribution in [0, 0.1) is 0 Å². The van der Waals surface area contributed by atoms with E-state index in [1.807, 2.05) is 0 Å². The number of halogens is 3. The normalized spacial score (nSPS) is 19.2. The monoisotopic (exact) mass is 344 g/mol. The van der Waals surface area contributed by atoms with Crippen LogP contribution in [0.3, 0.4) is 0 Å². The second-order valence-corrected chi connectivity index (χ2v) is 5.87. The highest BCUT2D eigenvalue weighted by atomic mass is 19.4. The number of benzene rings is 1. The standard InChI is InChI=1S/C16H19F3N2O3/c1-10(9-14(22)21-8-2-3-13(21)15(20)23)11-4-6-12(7-5-11)24-16(17,18)19/h4-7,10,13H,2-3,8-9H2,1H3,(H2,20,23)/t10?,13-/m0/s1. The van der Waals surface area contributed by atoms with E-state index in [4.69, 9.17) is 5.73 Å². The number of alkyl halides is 3. The van der Waals surface area contributed by atoms with Crippen LogP contribution < -0.4 is 10.5 Å². The summed E-state index contributed by atoms with van der Waals surface area (Å²) in [6, 6.07) is 4.85. The molecular formula is C16H19F3N2O3. The number of hydrogen-bond acceptors (Lipinski definition) is 3. The molecule has 1 aromatic rings. The lowest BCUT2D eigenvalue weighted by Crippen LogP contribution is -2.43. The van der Waals surface area contributed by atoms with E-state index in [2.05, 4.69) is 4.74 Å². The highest BCUT2D eigenvalue weighted by Crippen LogP contribution is 2.27. The lowest BCUT2D eigenvalue weighted by atomic mass is 9.97. The van der Waals surface area contributed by atoms with Crippen molar-refractivity contribution in [2.24, 2.45) is 5.73 Å². The van der Waals surface area contributed by atoms with Crippen LogP contribution in [0.1, 0.15) is 37.7 Å². The molecule has 1 fully saturated rings. The van der Waals surface area contributed by atoms with Crippen LogP contribution in [-0.4, -0.2) is 35.7 Å². The molecular weight excluding hydrogens is 325 g/mol. The van der Waals surface area contributed by atoms with E-state index in [1.54, 1.807) is 6.92 Å². The molecule has 2 atom stereocenters. The largest absolute Gasteiger partial charge is 0.573 e. The molecule has 132 valence electrons. The van der Waals surface area contributed by atoms with Crippen LogP contribution in [0.5, 0.6) is 5.75 Å². The highest BCUT2D eigenvalue weighted by Gasteiger charge is 2.33. The molecule has 0 aromatic heterocycles. The molecule has 1 aromatic carbocycles. The van der Waals surface area contributed by atoms with Gasteiger partial charge in [0.1, 0.15) is 11.8 Å². The predicted octanol–water partition coefficient (Wildman–Crippen LogP) is 2.56. The predicted molar refractivity (Wildman–Crippen MR) is 80.1 cm³/mol. The molecule has 0 spiro atoms. The summed E-state index contributed by atoms with van der Waals surface area (Å²) in [6.07, 6.45) is -3.28. The zero-order chi connectivity index (χ0) is 17.9. The van der Waals surface area contributed by atoms with Crippen LogP contribution in [0.25, 0.3) is 0 Å². The van der Waals surface area contributed by atoms with E-state index in [9.17, 15) is 22.8 Å². The average molecular weight is 344 g/mol. The number of primary amides is 1. The Balaban J connectivity index is 1.98. The number of rotatable bonds is 5. The van der Waals surface area contributed by atoms with Crippen molar-refractivity contribution in [2.75, 3.05) is 6.54 Å². The second kappa shape index (κ2) is 7.11. The molecule has 0 saturated carbocycles. The van der Waals surface area contributed by atoms with E-state index >= 15 is 0 Å². The van der Waals surface area contributed by atoms with Gasteiger partial charge in [-0.05, 0) is 36.5 Å². The summed E-state index contributed by atoms with van der Waals surface area (Å²) in [5, 5.41) is 0. The fraction of sp³-hybridized carbons (Fsp3) is 0.500. The Morgan fingerprint density at radius 1 is 1.33 bits per heavy atom. The van der Waals surface area contributed by atoms with Crippen LogP contribution in [0.2, 0.25) is 0 Å². The molecule has 8 heteroatoms. The number of hydrogen-bond donors (Lipinski definition) is 1. The van der Waals surface area contributed by atoms with Gasteiger partial charge in [0.25, 0.3) is 0 Å². The molecule has 0 radical (unpaired) electrons. The van der Waals surface area contributed by atoms with Gasteiger partial charge in [-0.2, -0.15) is 0 Å². The maximum Gasteiger partial charge on any atom is 0.573 e. The SMILES string of the molecule is CC(CC(=O)N1CCC[C@H]1C(N)=O)c1ccc(OC(F)(F)F)cc1. The third-order valence-electron chi connectivity index (χ3n) is 4.07. The third-order valence-corrected chi connectivity index (χ3v) is 4.07. The maximum absolute atomic E-state index is 12.3. The first-order valence-corrected chi connectivity index (χ1v) is 7.62. The van der Waals surface area contributed by atoms with Crippen molar-refractivity contribution in [2.45, 2.75) is 44.5 Å². The minimum Gasteiger partial charge on any atom is -0.406 e. The van der Waals surface area contributed by atoms with Crippen molar-refractivity contribution < 1.29 is 27.5 Å². The molecule has 24 heavy (non-hydrogen) atoms. The van der Waals surface area contributed by atoms with Gasteiger partial charge < -0.3 is 15.4 Å². The van der Waals surface area contributed by atoms with E-state index in [1.165, 1.54) is 29.2 Å². The van der Waals surface area contributed by atoms with Gasteiger partial charge >= 0.3 is 6.36 Å². The van der Waals surface area contributed by atoms with E-state index in [0.717, 1.165) is 6.42 Å². The quantitative estimate of drug-likeness (QED) is 0.892. The van der Waals surface area contributed by atoms with E-state index in [0.29, 0.717) is 18.5 Å². The summed E-state index contributed by atoms with van der Waals surface area (Å²) in [7, 11) is 0. The fourth-order valence-electron chi connectivity index (χ4n) is 2.86. The van der Waals surface area contributed by atoms with Crippen molar-refractivity contribution in [3.05, 3.63) is 29.8 Å². The Labute approximate surface area is 137 Å². The van der Waals surface area contributed by atoms with Crippen molar-refractivity contribution in [3.8, 4) is 5.75 Å². The van der Waals surface area contributed by atoms with E-state index < -0.39 is 18.3 Å². The van der Waals surface area contributed by atoms with Gasteiger partial charge in [-0.3, -0.25) is 9.59 Å². The molecule has 0 aliphatic carbocycles. The minimum atomic E-state index is -4.73. The summed E-state index contributed by atoms with van der Waals surface area (Å²) in [4.78, 5) is 25.2. The topological polar surface area (TPSA) is 72.6 Å². The van der Waals surface area contributed by atoms with Crippen LogP contribution in [-0.2, 0) is 9.59 Å². The Morgan fingerprint density at radius 2 is 1.96 bits per heavy atom. The van der Waals surface area contributed by atoms with Crippen molar-refractivity contribution in [1.29, 1.82) is 0 Å². The second-order valence-electron chi connectivity index (χ2n) is 5.87. The molecule has 1 unspecified atom stereocenters. The van der Waals surface area contributed by atoms with Gasteiger partial charge in [-0.25, -0.2) is 0 Å². The van der Waals surface area contributed by atoms with Crippen molar-refractivity contribution >= 4 is 11.8 Å². The van der Waals surface area contributed by atoms with Gasteiger partial charge in [0.05, 0.1) is 0 Å². The number of nitrogens with two attached hydrogens (primary N) is 1. The molecule has 1 heterocycles. The third kappa shape index (κ3) is 4.62. The zero-order valence-corrected chi connectivity index (χ0v) is 13.2. The van der Waals surface area contributed by atoms with Crippen LogP contribution in [0.15, 0.2) is 24.3 Å². The zero-order valence-electron chi connectivity index (χ0n) is 13.2. The Bertz CT molecular complexity index is 602. The minimum absolute atomic E-state index is 0.156. The first kappa shape index (κ1) is 18.1. The molecule has 2 amide bonds. The van der Waals surface area contributed by atoms with Gasteiger partial charge in [0.2, 0.25) is 11.8 Å². The fourth-order valence-corrected chi connectivity index (χ4v) is 2.86. The number of amides is 2. The first-order chi connectivity index (χ1) is 11.2. The molecule has 1 saturated heterocycles. The van der Waals surface area contributed by atoms with Gasteiger partial charge in [0.15, 0.2) is 0 Å². The van der Waals surface area contributed by atoms with Gasteiger partial charge in [0, 0.05) is 13.0 Å².